The fraction of sp³-hybridized carbons (Fsp3) is 0.898. The zero-order chi connectivity index (χ0) is 47.4. The molecule has 65 heavy (non-hydrogen) atoms. The van der Waals surface area contributed by atoms with Crippen molar-refractivity contribution in [2.45, 2.75) is 334 Å². The normalized spacial score (nSPS) is 13.2. The van der Waals surface area contributed by atoms with Gasteiger partial charge in [-0.3, -0.25) is 9.59 Å². The van der Waals surface area contributed by atoms with Crippen molar-refractivity contribution in [1.82, 2.24) is 5.32 Å². The molecule has 0 heterocycles. The molecule has 6 heteroatoms. The fourth-order valence-corrected chi connectivity index (χ4v) is 9.11. The molecule has 0 saturated carbocycles. The number of aliphatic hydroxyl groups excluding tert-OH is 2. The maximum absolute atomic E-state index is 13.3. The molecule has 0 bridgehead atoms. The maximum Gasteiger partial charge on any atom is 0.306 e. The summed E-state index contributed by atoms with van der Waals surface area (Å²) in [6.45, 7) is 6.50. The molecule has 384 valence electrons. The van der Waals surface area contributed by atoms with Gasteiger partial charge in [-0.05, 0) is 57.8 Å². The number of esters is 1. The molecular weight excluding hydrogens is 803 g/mol. The molecule has 0 saturated heterocycles. The molecule has 1 amide bonds. The highest BCUT2D eigenvalue weighted by molar-refractivity contribution is 5.77. The molecule has 0 aliphatic rings. The number of ether oxygens (including phenoxy) is 1. The van der Waals surface area contributed by atoms with E-state index in [4.69, 9.17) is 4.74 Å². The predicted molar refractivity (Wildman–Crippen MR) is 283 cm³/mol. The highest BCUT2D eigenvalue weighted by atomic mass is 16.5. The molecule has 0 rings (SSSR count). The number of amides is 1. The van der Waals surface area contributed by atoms with E-state index in [1.807, 2.05) is 0 Å². The lowest BCUT2D eigenvalue weighted by molar-refractivity contribution is -0.151. The van der Waals surface area contributed by atoms with Crippen molar-refractivity contribution in [2.75, 3.05) is 6.61 Å². The molecule has 0 aromatic heterocycles. The Morgan fingerprint density at radius 3 is 1.20 bits per heavy atom. The lowest BCUT2D eigenvalue weighted by Crippen LogP contribution is -2.46. The Labute approximate surface area is 405 Å². The van der Waals surface area contributed by atoms with E-state index in [0.717, 1.165) is 51.4 Å². The smallest absolute Gasteiger partial charge is 0.306 e. The largest absolute Gasteiger partial charge is 0.462 e. The van der Waals surface area contributed by atoms with Crippen molar-refractivity contribution < 1.29 is 24.5 Å². The quantitative estimate of drug-likeness (QED) is 0.0321. The van der Waals surface area contributed by atoms with Crippen molar-refractivity contribution in [2.24, 2.45) is 0 Å². The van der Waals surface area contributed by atoms with Crippen LogP contribution >= 0.6 is 0 Å². The second-order valence-electron chi connectivity index (χ2n) is 20.1. The fourth-order valence-electron chi connectivity index (χ4n) is 9.11. The second kappa shape index (κ2) is 53.3. The van der Waals surface area contributed by atoms with E-state index < -0.39 is 18.2 Å². The minimum atomic E-state index is -0.784. The summed E-state index contributed by atoms with van der Waals surface area (Å²) in [5.41, 5.74) is 0. The van der Waals surface area contributed by atoms with E-state index in [9.17, 15) is 19.8 Å². The third kappa shape index (κ3) is 48.6. The first kappa shape index (κ1) is 63.3. The minimum Gasteiger partial charge on any atom is -0.462 e. The summed E-state index contributed by atoms with van der Waals surface area (Å²) in [6.07, 6.45) is 62.4. The number of carbonyl (C=O) groups excluding carboxylic acids is 2. The van der Waals surface area contributed by atoms with Gasteiger partial charge in [-0.25, -0.2) is 0 Å². The third-order valence-corrected chi connectivity index (χ3v) is 13.5. The summed E-state index contributed by atoms with van der Waals surface area (Å²) in [6, 6.07) is -0.697. The number of allylic oxidation sites excluding steroid dienone is 4. The van der Waals surface area contributed by atoms with Crippen LogP contribution in [0.2, 0.25) is 0 Å². The lowest BCUT2D eigenvalue weighted by Gasteiger charge is -2.24. The number of unbranched alkanes of at least 4 members (excludes halogenated alkanes) is 37. The average Bonchev–Trinajstić information content (AvgIpc) is 3.30. The molecular formula is C59H113NO5. The molecule has 0 fully saturated rings. The lowest BCUT2D eigenvalue weighted by atomic mass is 10.0. The third-order valence-electron chi connectivity index (χ3n) is 13.5. The summed E-state index contributed by atoms with van der Waals surface area (Å²) in [5.74, 6) is -0.458. The molecule has 0 aromatic carbocycles. The molecule has 0 aromatic rings. The zero-order valence-electron chi connectivity index (χ0n) is 43.9. The number of rotatable bonds is 53. The Balaban J connectivity index is 4.50. The Bertz CT molecular complexity index is 1030. The van der Waals surface area contributed by atoms with E-state index in [2.05, 4.69) is 50.4 Å². The Morgan fingerprint density at radius 2 is 0.785 bits per heavy atom. The second-order valence-corrected chi connectivity index (χ2v) is 20.1. The summed E-state index contributed by atoms with van der Waals surface area (Å²) in [4.78, 5) is 26.3. The molecule has 0 aliphatic carbocycles. The number of aliphatic hydroxyl groups is 2. The first-order valence-electron chi connectivity index (χ1n) is 29.1. The van der Waals surface area contributed by atoms with Crippen LogP contribution in [0.3, 0.4) is 0 Å². The standard InChI is InChI=1S/C59H113NO5/c1-4-7-10-13-16-19-22-25-27-28-29-30-31-34-37-40-43-46-49-52-59(64)65-55(50-47-44-41-38-35-33-26-23-20-17-14-11-8-5-2)53-58(63)60-56(54-61)57(62)51-48-45-42-39-36-32-24-21-18-15-12-9-6-3/h16,19,25,27,55-57,61-62H,4-15,17-18,20-24,26,28-54H2,1-3H3,(H,60,63)/b19-16-,27-25-. The van der Waals surface area contributed by atoms with Crippen molar-refractivity contribution in [3.8, 4) is 0 Å². The van der Waals surface area contributed by atoms with Crippen molar-refractivity contribution in [3.63, 3.8) is 0 Å². The summed E-state index contributed by atoms with van der Waals surface area (Å²) in [7, 11) is 0. The predicted octanol–water partition coefficient (Wildman–Crippen LogP) is 17.9. The first-order valence-corrected chi connectivity index (χ1v) is 29.1. The Kier molecular flexibility index (Phi) is 51.9. The van der Waals surface area contributed by atoms with Gasteiger partial charge < -0.3 is 20.3 Å². The maximum atomic E-state index is 13.3. The SMILES string of the molecule is CCCCC/C=C\C/C=C\CCCCCCCCCCCC(=O)OC(CCCCCCCCCCCCCCCC)CC(=O)NC(CO)C(O)CCCCCCCCCCCCCCC. The van der Waals surface area contributed by atoms with Crippen LogP contribution in [0.15, 0.2) is 24.3 Å². The monoisotopic (exact) mass is 916 g/mol. The molecule has 0 radical (unpaired) electrons. The van der Waals surface area contributed by atoms with Gasteiger partial charge in [0.15, 0.2) is 0 Å². The van der Waals surface area contributed by atoms with Crippen LogP contribution in [-0.2, 0) is 14.3 Å². The van der Waals surface area contributed by atoms with Gasteiger partial charge in [0.05, 0.1) is 25.2 Å². The van der Waals surface area contributed by atoms with Gasteiger partial charge in [-0.2, -0.15) is 0 Å². The Morgan fingerprint density at radius 1 is 0.446 bits per heavy atom. The van der Waals surface area contributed by atoms with Gasteiger partial charge >= 0.3 is 5.97 Å². The molecule has 0 aliphatic heterocycles. The van der Waals surface area contributed by atoms with Gasteiger partial charge in [0.2, 0.25) is 5.91 Å². The van der Waals surface area contributed by atoms with Crippen molar-refractivity contribution >= 4 is 11.9 Å². The van der Waals surface area contributed by atoms with Crippen LogP contribution in [0, 0.1) is 0 Å². The minimum absolute atomic E-state index is 0.0823. The van der Waals surface area contributed by atoms with Gasteiger partial charge in [-0.1, -0.05) is 270 Å². The van der Waals surface area contributed by atoms with E-state index >= 15 is 0 Å². The molecule has 3 unspecified atom stereocenters. The van der Waals surface area contributed by atoms with Crippen LogP contribution in [0.25, 0.3) is 0 Å². The van der Waals surface area contributed by atoms with Gasteiger partial charge in [0, 0.05) is 6.42 Å². The van der Waals surface area contributed by atoms with Crippen LogP contribution in [0.5, 0.6) is 0 Å². The number of hydrogen-bond donors (Lipinski definition) is 3. The summed E-state index contributed by atoms with van der Waals surface area (Å²) in [5, 5.41) is 23.9. The zero-order valence-corrected chi connectivity index (χ0v) is 43.9. The summed E-state index contributed by atoms with van der Waals surface area (Å²) < 4.78 is 5.97. The van der Waals surface area contributed by atoms with E-state index in [0.29, 0.717) is 19.3 Å². The van der Waals surface area contributed by atoms with Crippen molar-refractivity contribution in [3.05, 3.63) is 24.3 Å². The summed E-state index contributed by atoms with van der Waals surface area (Å²) >= 11 is 0. The molecule has 0 spiro atoms. The van der Waals surface area contributed by atoms with Gasteiger partial charge in [0.25, 0.3) is 0 Å². The topological polar surface area (TPSA) is 95.9 Å². The molecule has 3 N–H and O–H groups in total. The highest BCUT2D eigenvalue weighted by Gasteiger charge is 2.24. The van der Waals surface area contributed by atoms with E-state index in [-0.39, 0.29) is 24.9 Å². The van der Waals surface area contributed by atoms with Crippen LogP contribution < -0.4 is 5.32 Å². The van der Waals surface area contributed by atoms with E-state index in [1.54, 1.807) is 0 Å². The number of hydrogen-bond acceptors (Lipinski definition) is 5. The van der Waals surface area contributed by atoms with Crippen LogP contribution in [0.1, 0.15) is 316 Å². The average molecular weight is 917 g/mol. The van der Waals surface area contributed by atoms with Crippen LogP contribution in [0.4, 0.5) is 0 Å². The number of nitrogens with one attached hydrogen (secondary N) is 1. The first-order chi connectivity index (χ1) is 32.0. The highest BCUT2D eigenvalue weighted by Crippen LogP contribution is 2.19. The van der Waals surface area contributed by atoms with E-state index in [1.165, 1.54) is 218 Å². The molecule has 6 nitrogen and oxygen atoms in total. The van der Waals surface area contributed by atoms with Gasteiger partial charge in [-0.15, -0.1) is 0 Å². The Hall–Kier alpha value is -1.66. The van der Waals surface area contributed by atoms with Gasteiger partial charge in [0.1, 0.15) is 6.10 Å². The van der Waals surface area contributed by atoms with Crippen LogP contribution in [-0.4, -0.2) is 46.9 Å². The van der Waals surface area contributed by atoms with Crippen molar-refractivity contribution in [1.29, 1.82) is 0 Å². The molecule has 3 atom stereocenters. The number of carbonyl (C=O) groups is 2.